The molecule has 6 nitrogen and oxygen atoms in total. The minimum Gasteiger partial charge on any atom is -0.340 e. The number of carbonyl (C=O) groups is 1. The number of nitrogens with zero attached hydrogens (tertiary/aromatic N) is 5. The summed E-state index contributed by atoms with van der Waals surface area (Å²) in [6.45, 7) is 5.65. The van der Waals surface area contributed by atoms with Crippen molar-refractivity contribution in [2.75, 3.05) is 26.2 Å². The first kappa shape index (κ1) is 17.5. The Labute approximate surface area is 147 Å². The summed E-state index contributed by atoms with van der Waals surface area (Å²) in [5, 5.41) is 4.03. The van der Waals surface area contributed by atoms with Crippen LogP contribution in [0.4, 0.5) is 4.39 Å². The van der Waals surface area contributed by atoms with E-state index in [2.05, 4.69) is 15.0 Å². The summed E-state index contributed by atoms with van der Waals surface area (Å²) in [6, 6.07) is 6.93. The number of hydrogen-bond donors (Lipinski definition) is 0. The largest absolute Gasteiger partial charge is 0.340 e. The molecule has 0 bridgehead atoms. The summed E-state index contributed by atoms with van der Waals surface area (Å²) in [5.41, 5.74) is 0.718. The topological polar surface area (TPSA) is 54.3 Å². The number of benzene rings is 1. The van der Waals surface area contributed by atoms with Gasteiger partial charge in [0, 0.05) is 50.7 Å². The first-order valence-corrected chi connectivity index (χ1v) is 8.74. The van der Waals surface area contributed by atoms with E-state index >= 15 is 0 Å². The third kappa shape index (κ3) is 4.42. The lowest BCUT2D eigenvalue weighted by atomic mass is 10.1. The van der Waals surface area contributed by atoms with Gasteiger partial charge in [0.2, 0.25) is 5.91 Å². The molecule has 1 amide bonds. The molecule has 3 rings (SSSR count). The highest BCUT2D eigenvalue weighted by atomic mass is 19.1. The maximum atomic E-state index is 14.0. The van der Waals surface area contributed by atoms with Gasteiger partial charge in [-0.1, -0.05) is 18.2 Å². The van der Waals surface area contributed by atoms with Crippen LogP contribution in [0.3, 0.4) is 0 Å². The van der Waals surface area contributed by atoms with Crippen molar-refractivity contribution < 1.29 is 9.18 Å². The predicted octanol–water partition coefficient (Wildman–Crippen LogP) is 2.10. The van der Waals surface area contributed by atoms with Crippen LogP contribution in [-0.2, 0) is 11.3 Å². The molecule has 1 aliphatic rings. The van der Waals surface area contributed by atoms with Crippen LogP contribution in [0.5, 0.6) is 0 Å². The van der Waals surface area contributed by atoms with Crippen molar-refractivity contribution in [3.63, 3.8) is 0 Å². The fourth-order valence-electron chi connectivity index (χ4n) is 3.27. The van der Waals surface area contributed by atoms with E-state index in [9.17, 15) is 9.18 Å². The Kier molecular flexibility index (Phi) is 5.75. The van der Waals surface area contributed by atoms with Crippen LogP contribution in [0.1, 0.15) is 31.4 Å². The second-order valence-corrected chi connectivity index (χ2v) is 6.38. The lowest BCUT2D eigenvalue weighted by Crippen LogP contribution is -2.49. The normalized spacial score (nSPS) is 16.8. The van der Waals surface area contributed by atoms with Crippen molar-refractivity contribution in [3.8, 4) is 0 Å². The molecule has 1 atom stereocenters. The molecule has 0 saturated carbocycles. The maximum absolute atomic E-state index is 14.0. The number of aryl methyl sites for hydroxylation is 1. The van der Waals surface area contributed by atoms with Crippen molar-refractivity contribution >= 4 is 5.91 Å². The van der Waals surface area contributed by atoms with Gasteiger partial charge in [-0.25, -0.2) is 9.37 Å². The van der Waals surface area contributed by atoms with E-state index in [0.717, 1.165) is 25.1 Å². The van der Waals surface area contributed by atoms with Gasteiger partial charge in [0.1, 0.15) is 18.5 Å². The second-order valence-electron chi connectivity index (χ2n) is 6.38. The number of amides is 1. The summed E-state index contributed by atoms with van der Waals surface area (Å²) in [7, 11) is 0. The van der Waals surface area contributed by atoms with Crippen LogP contribution in [-0.4, -0.2) is 56.7 Å². The molecule has 2 heterocycles. The summed E-state index contributed by atoms with van der Waals surface area (Å²) < 4.78 is 15.7. The van der Waals surface area contributed by atoms with E-state index < -0.39 is 0 Å². The van der Waals surface area contributed by atoms with Crippen LogP contribution in [0.15, 0.2) is 36.9 Å². The number of hydrogen-bond acceptors (Lipinski definition) is 4. The number of halogens is 1. The van der Waals surface area contributed by atoms with E-state index in [4.69, 9.17) is 0 Å². The predicted molar refractivity (Wildman–Crippen MR) is 92.2 cm³/mol. The molecule has 1 aromatic carbocycles. The number of piperazine rings is 1. The van der Waals surface area contributed by atoms with E-state index in [0.29, 0.717) is 26.1 Å². The zero-order chi connectivity index (χ0) is 17.6. The average Bonchev–Trinajstić information content (AvgIpc) is 3.15. The molecule has 7 heteroatoms. The van der Waals surface area contributed by atoms with Crippen molar-refractivity contribution in [2.24, 2.45) is 0 Å². The molecular weight excluding hydrogens is 321 g/mol. The highest BCUT2D eigenvalue weighted by Crippen LogP contribution is 2.24. The molecule has 1 fully saturated rings. The molecule has 0 aliphatic carbocycles. The zero-order valence-electron chi connectivity index (χ0n) is 14.5. The number of carbonyl (C=O) groups excluding carboxylic acids is 1. The smallest absolute Gasteiger partial charge is 0.222 e. The van der Waals surface area contributed by atoms with Crippen LogP contribution in [0.2, 0.25) is 0 Å². The van der Waals surface area contributed by atoms with Gasteiger partial charge >= 0.3 is 0 Å². The second kappa shape index (κ2) is 8.20. The Balaban J connectivity index is 1.45. The Morgan fingerprint density at radius 3 is 2.68 bits per heavy atom. The van der Waals surface area contributed by atoms with Crippen LogP contribution < -0.4 is 0 Å². The summed E-state index contributed by atoms with van der Waals surface area (Å²) >= 11 is 0. The summed E-state index contributed by atoms with van der Waals surface area (Å²) in [6.07, 6.45) is 4.43. The van der Waals surface area contributed by atoms with Gasteiger partial charge in [-0.3, -0.25) is 14.4 Å². The molecule has 0 radical (unpaired) electrons. The van der Waals surface area contributed by atoms with Crippen molar-refractivity contribution in [1.29, 1.82) is 0 Å². The van der Waals surface area contributed by atoms with Gasteiger partial charge < -0.3 is 4.90 Å². The van der Waals surface area contributed by atoms with Crippen LogP contribution in [0, 0.1) is 5.82 Å². The van der Waals surface area contributed by atoms with Gasteiger partial charge in [0.05, 0.1) is 0 Å². The molecule has 1 aromatic heterocycles. The minimum absolute atomic E-state index is 0.0192. The van der Waals surface area contributed by atoms with Crippen LogP contribution >= 0.6 is 0 Å². The van der Waals surface area contributed by atoms with E-state index in [1.54, 1.807) is 17.1 Å². The lowest BCUT2D eigenvalue weighted by Gasteiger charge is -2.38. The first-order valence-electron chi connectivity index (χ1n) is 8.74. The number of aromatic nitrogens is 3. The third-order valence-corrected chi connectivity index (χ3v) is 4.81. The molecule has 0 unspecified atom stereocenters. The molecule has 0 N–H and O–H groups in total. The Morgan fingerprint density at radius 2 is 2.00 bits per heavy atom. The van der Waals surface area contributed by atoms with Gasteiger partial charge in [-0.2, -0.15) is 5.10 Å². The monoisotopic (exact) mass is 345 g/mol. The Hall–Kier alpha value is -2.28. The van der Waals surface area contributed by atoms with Crippen LogP contribution in [0.25, 0.3) is 0 Å². The van der Waals surface area contributed by atoms with E-state index in [-0.39, 0.29) is 17.8 Å². The highest BCUT2D eigenvalue weighted by Gasteiger charge is 2.25. The maximum Gasteiger partial charge on any atom is 0.222 e. The highest BCUT2D eigenvalue weighted by molar-refractivity contribution is 5.76. The standard InChI is InChI=1S/C18H24FN5O/c1-15(16-5-2-3-6-17(16)19)22-9-11-23(12-10-22)18(25)7-4-8-24-14-20-13-21-24/h2-3,5-6,13-15H,4,7-12H2,1H3/t15-/m1/s1. The van der Waals surface area contributed by atoms with Gasteiger partial charge in [0.15, 0.2) is 0 Å². The van der Waals surface area contributed by atoms with E-state index in [1.165, 1.54) is 12.4 Å². The van der Waals surface area contributed by atoms with Crippen molar-refractivity contribution in [1.82, 2.24) is 24.6 Å². The molecule has 0 spiro atoms. The number of rotatable bonds is 6. The molecular formula is C18H24FN5O. The average molecular weight is 345 g/mol. The molecule has 134 valence electrons. The fraction of sp³-hybridized carbons (Fsp3) is 0.500. The van der Waals surface area contributed by atoms with Gasteiger partial charge in [-0.15, -0.1) is 0 Å². The van der Waals surface area contributed by atoms with Crippen molar-refractivity contribution in [3.05, 3.63) is 48.3 Å². The first-order chi connectivity index (χ1) is 12.1. The van der Waals surface area contributed by atoms with Crippen molar-refractivity contribution in [2.45, 2.75) is 32.4 Å². The minimum atomic E-state index is -0.165. The SMILES string of the molecule is C[C@H](c1ccccc1F)N1CCN(C(=O)CCCn2cncn2)CC1. The molecule has 1 saturated heterocycles. The van der Waals surface area contributed by atoms with Gasteiger partial charge in [0.25, 0.3) is 0 Å². The summed E-state index contributed by atoms with van der Waals surface area (Å²) in [5.74, 6) is 0.0138. The third-order valence-electron chi connectivity index (χ3n) is 4.81. The molecule has 1 aliphatic heterocycles. The fourth-order valence-corrected chi connectivity index (χ4v) is 3.27. The molecule has 25 heavy (non-hydrogen) atoms. The quantitative estimate of drug-likeness (QED) is 0.805. The molecule has 2 aromatic rings. The summed E-state index contributed by atoms with van der Waals surface area (Å²) in [4.78, 5) is 20.4. The zero-order valence-corrected chi connectivity index (χ0v) is 14.5. The van der Waals surface area contributed by atoms with E-state index in [1.807, 2.05) is 24.0 Å². The Bertz CT molecular complexity index is 683. The van der Waals surface area contributed by atoms with Gasteiger partial charge in [-0.05, 0) is 19.4 Å². The lowest BCUT2D eigenvalue weighted by molar-refractivity contribution is -0.133. The Morgan fingerprint density at radius 1 is 1.24 bits per heavy atom.